The quantitative estimate of drug-likeness (QED) is 0.533. The molecule has 0 bridgehead atoms. The van der Waals surface area contributed by atoms with Gasteiger partial charge in [0.15, 0.2) is 0 Å². The molecule has 0 fully saturated rings. The molecule has 1 atom stereocenters. The summed E-state index contributed by atoms with van der Waals surface area (Å²) in [6, 6.07) is 16.5. The zero-order chi connectivity index (χ0) is 14.7. The molecule has 0 saturated carbocycles. The molecule has 3 nitrogen and oxygen atoms in total. The van der Waals surface area contributed by atoms with E-state index in [0.717, 1.165) is 22.0 Å². The molecular weight excluding hydrogens is 284 g/mol. The summed E-state index contributed by atoms with van der Waals surface area (Å²) in [5.41, 5.74) is 2.62. The lowest BCUT2D eigenvalue weighted by Gasteiger charge is -2.14. The average molecular weight is 295 g/mol. The van der Waals surface area contributed by atoms with Gasteiger partial charge < -0.3 is 0 Å². The van der Waals surface area contributed by atoms with Crippen LogP contribution in [0.5, 0.6) is 0 Å². The number of rotatable bonds is 3. The van der Waals surface area contributed by atoms with E-state index >= 15 is 0 Å². The van der Waals surface area contributed by atoms with Crippen molar-refractivity contribution in [1.29, 1.82) is 0 Å². The van der Waals surface area contributed by atoms with Crippen LogP contribution >= 0.6 is 11.6 Å². The van der Waals surface area contributed by atoms with Crippen molar-refractivity contribution in [2.75, 3.05) is 0 Å². The largest absolute Gasteiger partial charge is 0.256 e. The number of hydrogen-bond acceptors (Lipinski definition) is 3. The number of hydrogen-bond donors (Lipinski definition) is 0. The van der Waals surface area contributed by atoms with Gasteiger partial charge in [-0.15, -0.1) is 0 Å². The fourth-order valence-electron chi connectivity index (χ4n) is 2.41. The zero-order valence-corrected chi connectivity index (χ0v) is 11.8. The summed E-state index contributed by atoms with van der Waals surface area (Å²) >= 11 is 6.04. The first-order valence-corrected chi connectivity index (χ1v) is 6.83. The monoisotopic (exact) mass is 294 g/mol. The average Bonchev–Trinajstić information content (AvgIpc) is 2.52. The van der Waals surface area contributed by atoms with Gasteiger partial charge in [-0.25, -0.2) is 4.79 Å². The van der Waals surface area contributed by atoms with Gasteiger partial charge in [0.05, 0.1) is 5.52 Å². The minimum atomic E-state index is -0.436. The third-order valence-electron chi connectivity index (χ3n) is 3.32. The molecule has 21 heavy (non-hydrogen) atoms. The predicted molar refractivity (Wildman–Crippen MR) is 83.2 cm³/mol. The number of aromatic nitrogens is 1. The van der Waals surface area contributed by atoms with Crippen LogP contribution in [0, 0.1) is 0 Å². The summed E-state index contributed by atoms with van der Waals surface area (Å²) in [7, 11) is 0. The topological polar surface area (TPSA) is 42.3 Å². The van der Waals surface area contributed by atoms with Crippen LogP contribution in [0.4, 0.5) is 0 Å². The van der Waals surface area contributed by atoms with Gasteiger partial charge in [-0.05, 0) is 35.4 Å². The molecule has 3 aromatic rings. The third kappa shape index (κ3) is 2.70. The van der Waals surface area contributed by atoms with Gasteiger partial charge in [-0.1, -0.05) is 41.9 Å². The summed E-state index contributed by atoms with van der Waals surface area (Å²) in [6.45, 7) is 0. The minimum absolute atomic E-state index is 0.436. The lowest BCUT2D eigenvalue weighted by atomic mass is 9.96. The summed E-state index contributed by atoms with van der Waals surface area (Å²) < 4.78 is 0. The maximum atomic E-state index is 10.8. The smallest absolute Gasteiger partial charge is 0.235 e. The number of halogens is 1. The van der Waals surface area contributed by atoms with E-state index in [9.17, 15) is 4.79 Å². The molecule has 1 aromatic heterocycles. The van der Waals surface area contributed by atoms with Crippen LogP contribution < -0.4 is 0 Å². The van der Waals surface area contributed by atoms with Crippen molar-refractivity contribution in [2.24, 2.45) is 4.99 Å². The van der Waals surface area contributed by atoms with Crippen LogP contribution in [0.3, 0.4) is 0 Å². The number of fused-ring (bicyclic) bond motifs is 1. The number of pyridine rings is 1. The Kier molecular flexibility index (Phi) is 3.78. The fourth-order valence-corrected chi connectivity index (χ4v) is 2.61. The number of benzene rings is 2. The molecule has 0 radical (unpaired) electrons. The number of aliphatic imine (C=N–C) groups is 1. The van der Waals surface area contributed by atoms with Crippen molar-refractivity contribution in [1.82, 2.24) is 4.98 Å². The Balaban J connectivity index is 2.23. The maximum absolute atomic E-state index is 10.8. The molecule has 0 aliphatic rings. The molecule has 3 rings (SSSR count). The Morgan fingerprint density at radius 2 is 1.95 bits per heavy atom. The van der Waals surface area contributed by atoms with Crippen LogP contribution in [0.15, 0.2) is 65.8 Å². The molecule has 0 aliphatic heterocycles. The van der Waals surface area contributed by atoms with Crippen molar-refractivity contribution in [3.63, 3.8) is 0 Å². The highest BCUT2D eigenvalue weighted by atomic mass is 35.5. The van der Waals surface area contributed by atoms with E-state index in [4.69, 9.17) is 11.6 Å². The maximum Gasteiger partial charge on any atom is 0.235 e. The highest BCUT2D eigenvalue weighted by Crippen LogP contribution is 2.31. The number of nitrogens with zero attached hydrogens (tertiary/aromatic N) is 2. The van der Waals surface area contributed by atoms with Crippen molar-refractivity contribution in [3.8, 4) is 0 Å². The van der Waals surface area contributed by atoms with Crippen LogP contribution in [-0.2, 0) is 4.79 Å². The lowest BCUT2D eigenvalue weighted by molar-refractivity contribution is 0.561. The van der Waals surface area contributed by atoms with Crippen LogP contribution in [0.25, 0.3) is 10.9 Å². The lowest BCUT2D eigenvalue weighted by Crippen LogP contribution is -1.99. The molecule has 0 aliphatic carbocycles. The Labute approximate surface area is 126 Å². The zero-order valence-electron chi connectivity index (χ0n) is 11.0. The third-order valence-corrected chi connectivity index (χ3v) is 3.56. The molecular formula is C17H11ClN2O. The molecule has 0 amide bonds. The van der Waals surface area contributed by atoms with Crippen LogP contribution in [0.1, 0.15) is 17.2 Å². The second-order valence-electron chi connectivity index (χ2n) is 4.60. The van der Waals surface area contributed by atoms with E-state index in [1.165, 1.54) is 0 Å². The number of isocyanates is 1. The first-order valence-electron chi connectivity index (χ1n) is 6.45. The van der Waals surface area contributed by atoms with Gasteiger partial charge >= 0.3 is 0 Å². The Morgan fingerprint density at radius 3 is 2.76 bits per heavy atom. The van der Waals surface area contributed by atoms with Gasteiger partial charge in [-0.2, -0.15) is 4.99 Å². The molecule has 102 valence electrons. The SMILES string of the molecule is O=C=NC(c1cccc(Cl)c1)c1ccnc2ccccc12. The van der Waals surface area contributed by atoms with Crippen molar-refractivity contribution in [3.05, 3.63) is 76.9 Å². The van der Waals surface area contributed by atoms with Gasteiger partial charge in [0.2, 0.25) is 6.08 Å². The van der Waals surface area contributed by atoms with Gasteiger partial charge in [0.25, 0.3) is 0 Å². The van der Waals surface area contributed by atoms with E-state index in [1.807, 2.05) is 48.5 Å². The van der Waals surface area contributed by atoms with Crippen molar-refractivity contribution in [2.45, 2.75) is 6.04 Å². The number of carbonyl (C=O) groups excluding carboxylic acids is 1. The van der Waals surface area contributed by atoms with E-state index in [0.29, 0.717) is 5.02 Å². The van der Waals surface area contributed by atoms with Gasteiger partial charge in [0, 0.05) is 16.6 Å². The second kappa shape index (κ2) is 5.88. The predicted octanol–water partition coefficient (Wildman–Crippen LogP) is 4.31. The highest BCUT2D eigenvalue weighted by molar-refractivity contribution is 6.30. The molecule has 2 aromatic carbocycles. The summed E-state index contributed by atoms with van der Waals surface area (Å²) in [5, 5.41) is 1.57. The first kappa shape index (κ1) is 13.5. The Morgan fingerprint density at radius 1 is 1.10 bits per heavy atom. The van der Waals surface area contributed by atoms with Crippen LogP contribution in [-0.4, -0.2) is 11.1 Å². The molecule has 0 saturated heterocycles. The Hall–Kier alpha value is -2.48. The summed E-state index contributed by atoms with van der Waals surface area (Å²) in [4.78, 5) is 19.1. The summed E-state index contributed by atoms with van der Waals surface area (Å²) in [5.74, 6) is 0. The van der Waals surface area contributed by atoms with E-state index in [1.54, 1.807) is 18.3 Å². The highest BCUT2D eigenvalue weighted by Gasteiger charge is 2.16. The molecule has 0 spiro atoms. The Bertz CT molecular complexity index is 836. The minimum Gasteiger partial charge on any atom is -0.256 e. The molecule has 1 unspecified atom stereocenters. The standard InChI is InChI=1S/C17H11ClN2O/c18-13-5-3-4-12(10-13)17(20-11-21)15-8-9-19-16-7-2-1-6-14(15)16/h1-10,17H. The number of para-hydroxylation sites is 1. The van der Waals surface area contributed by atoms with Crippen LogP contribution in [0.2, 0.25) is 5.02 Å². The van der Waals surface area contributed by atoms with Gasteiger partial charge in [0.1, 0.15) is 6.04 Å². The second-order valence-corrected chi connectivity index (χ2v) is 5.03. The van der Waals surface area contributed by atoms with Crippen molar-refractivity contribution >= 4 is 28.6 Å². The molecule has 4 heteroatoms. The van der Waals surface area contributed by atoms with E-state index < -0.39 is 6.04 Å². The molecule has 1 heterocycles. The van der Waals surface area contributed by atoms with Gasteiger partial charge in [-0.3, -0.25) is 4.98 Å². The van der Waals surface area contributed by atoms with E-state index in [-0.39, 0.29) is 0 Å². The fraction of sp³-hybridized carbons (Fsp3) is 0.0588. The van der Waals surface area contributed by atoms with E-state index in [2.05, 4.69) is 9.98 Å². The first-order chi connectivity index (χ1) is 10.3. The molecule has 0 N–H and O–H groups in total. The normalized spacial score (nSPS) is 11.9. The van der Waals surface area contributed by atoms with Crippen molar-refractivity contribution < 1.29 is 4.79 Å². The summed E-state index contributed by atoms with van der Waals surface area (Å²) in [6.07, 6.45) is 3.38.